The molecule has 172 valence electrons. The van der Waals surface area contributed by atoms with Gasteiger partial charge in [0.2, 0.25) is 0 Å². The number of aliphatic hydroxyl groups excluding tert-OH is 2. The lowest BCUT2D eigenvalue weighted by Crippen LogP contribution is -2.22. The van der Waals surface area contributed by atoms with Gasteiger partial charge in [0.1, 0.15) is 5.78 Å². The fraction of sp³-hybridized carbons (Fsp3) is 0.615. The van der Waals surface area contributed by atoms with Crippen molar-refractivity contribution in [1.29, 1.82) is 0 Å². The van der Waals surface area contributed by atoms with Gasteiger partial charge in [-0.3, -0.25) is 9.59 Å². The van der Waals surface area contributed by atoms with Crippen molar-refractivity contribution in [2.24, 2.45) is 11.8 Å². The molecule has 1 aromatic rings. The molecule has 1 aliphatic carbocycles. The lowest BCUT2D eigenvalue weighted by atomic mass is 9.86. The lowest BCUT2D eigenvalue weighted by Gasteiger charge is -2.22. The van der Waals surface area contributed by atoms with Crippen LogP contribution in [-0.4, -0.2) is 40.3 Å². The lowest BCUT2D eigenvalue weighted by molar-refractivity contribution is -0.147. The molecule has 0 bridgehead atoms. The number of allylic oxidation sites excluding steroid dienone is 2. The predicted molar refractivity (Wildman–Crippen MR) is 121 cm³/mol. The van der Waals surface area contributed by atoms with Crippen molar-refractivity contribution in [3.63, 3.8) is 0 Å². The Kier molecular flexibility index (Phi) is 11.0. The number of hydrogen-bond acceptors (Lipinski definition) is 5. The third kappa shape index (κ3) is 9.36. The van der Waals surface area contributed by atoms with Gasteiger partial charge < -0.3 is 14.9 Å². The highest BCUT2D eigenvalue weighted by Gasteiger charge is 2.40. The van der Waals surface area contributed by atoms with E-state index in [-0.39, 0.29) is 29.7 Å². The summed E-state index contributed by atoms with van der Waals surface area (Å²) in [6.45, 7) is 3.68. The smallest absolute Gasteiger partial charge is 0.306 e. The zero-order chi connectivity index (χ0) is 22.6. The molecule has 0 spiro atoms. The van der Waals surface area contributed by atoms with Gasteiger partial charge in [-0.1, -0.05) is 42.5 Å². The normalized spacial score (nSPS) is 23.5. The van der Waals surface area contributed by atoms with E-state index < -0.39 is 12.2 Å². The van der Waals surface area contributed by atoms with Crippen LogP contribution in [0, 0.1) is 11.8 Å². The van der Waals surface area contributed by atoms with Crippen LogP contribution in [0.1, 0.15) is 70.8 Å². The molecule has 5 heteroatoms. The summed E-state index contributed by atoms with van der Waals surface area (Å²) in [6, 6.07) is 9.98. The minimum atomic E-state index is -0.555. The van der Waals surface area contributed by atoms with Crippen molar-refractivity contribution in [2.75, 3.05) is 0 Å². The first kappa shape index (κ1) is 25.3. The summed E-state index contributed by atoms with van der Waals surface area (Å²) >= 11 is 0. The molecule has 0 radical (unpaired) electrons. The number of unbranched alkanes of at least 4 members (excludes halogenated alkanes) is 1. The molecule has 1 fully saturated rings. The van der Waals surface area contributed by atoms with Crippen molar-refractivity contribution < 1.29 is 24.5 Å². The van der Waals surface area contributed by atoms with Crippen LogP contribution >= 0.6 is 0 Å². The number of rotatable bonds is 13. The van der Waals surface area contributed by atoms with Crippen LogP contribution in [0.25, 0.3) is 0 Å². The maximum absolute atomic E-state index is 12.3. The van der Waals surface area contributed by atoms with Gasteiger partial charge in [-0.05, 0) is 69.8 Å². The van der Waals surface area contributed by atoms with Crippen LogP contribution in [0.2, 0.25) is 0 Å². The van der Waals surface area contributed by atoms with Gasteiger partial charge in [0.25, 0.3) is 0 Å². The van der Waals surface area contributed by atoms with Crippen LogP contribution in [0.4, 0.5) is 0 Å². The highest BCUT2D eigenvalue weighted by molar-refractivity contribution is 5.78. The Morgan fingerprint density at radius 1 is 1.03 bits per heavy atom. The molecule has 0 amide bonds. The molecule has 1 aromatic carbocycles. The van der Waals surface area contributed by atoms with Crippen molar-refractivity contribution in [3.8, 4) is 0 Å². The minimum Gasteiger partial charge on any atom is -0.463 e. The van der Waals surface area contributed by atoms with Crippen LogP contribution in [0.5, 0.6) is 0 Å². The van der Waals surface area contributed by atoms with E-state index in [2.05, 4.69) is 0 Å². The zero-order valence-electron chi connectivity index (χ0n) is 18.9. The molecule has 2 rings (SSSR count). The first-order valence-corrected chi connectivity index (χ1v) is 11.6. The number of carbonyl (C=O) groups is 2. The Hall–Kier alpha value is -1.98. The first-order valence-electron chi connectivity index (χ1n) is 11.6. The van der Waals surface area contributed by atoms with Gasteiger partial charge in [-0.25, -0.2) is 0 Å². The highest BCUT2D eigenvalue weighted by atomic mass is 16.5. The number of benzene rings is 1. The molecule has 1 aliphatic rings. The predicted octanol–water partition coefficient (Wildman–Crippen LogP) is 4.39. The number of esters is 1. The van der Waals surface area contributed by atoms with Crippen LogP contribution in [0.15, 0.2) is 42.5 Å². The third-order valence-corrected chi connectivity index (χ3v) is 6.01. The van der Waals surface area contributed by atoms with Gasteiger partial charge in [-0.2, -0.15) is 0 Å². The molecule has 0 saturated heterocycles. The van der Waals surface area contributed by atoms with Gasteiger partial charge in [0.05, 0.1) is 18.3 Å². The van der Waals surface area contributed by atoms with E-state index >= 15 is 0 Å². The van der Waals surface area contributed by atoms with Gasteiger partial charge in [0.15, 0.2) is 0 Å². The minimum absolute atomic E-state index is 0.0286. The summed E-state index contributed by atoms with van der Waals surface area (Å²) in [4.78, 5) is 23.9. The van der Waals surface area contributed by atoms with Crippen LogP contribution < -0.4 is 0 Å². The van der Waals surface area contributed by atoms with E-state index in [1.54, 1.807) is 0 Å². The molecule has 0 aliphatic heterocycles. The number of aryl methyl sites for hydroxylation is 1. The van der Waals surface area contributed by atoms with Crippen molar-refractivity contribution in [2.45, 2.75) is 89.9 Å². The molecule has 0 heterocycles. The van der Waals surface area contributed by atoms with Gasteiger partial charge in [0, 0.05) is 19.3 Å². The van der Waals surface area contributed by atoms with Crippen molar-refractivity contribution in [3.05, 3.63) is 48.0 Å². The molecule has 0 aromatic heterocycles. The summed E-state index contributed by atoms with van der Waals surface area (Å²) in [5.74, 6) is -0.0461. The average Bonchev–Trinajstić information content (AvgIpc) is 3.00. The van der Waals surface area contributed by atoms with Crippen LogP contribution in [0.3, 0.4) is 0 Å². The second kappa shape index (κ2) is 13.4. The number of aliphatic hydroxyl groups is 2. The third-order valence-electron chi connectivity index (χ3n) is 6.01. The Balaban J connectivity index is 1.71. The maximum Gasteiger partial charge on any atom is 0.306 e. The fourth-order valence-electron chi connectivity index (χ4n) is 4.34. The topological polar surface area (TPSA) is 83.8 Å². The molecular weight excluding hydrogens is 392 g/mol. The Bertz CT molecular complexity index is 697. The van der Waals surface area contributed by atoms with Crippen molar-refractivity contribution in [1.82, 2.24) is 0 Å². The molecule has 1 saturated carbocycles. The first-order chi connectivity index (χ1) is 14.9. The van der Waals surface area contributed by atoms with E-state index in [1.807, 2.05) is 56.3 Å². The largest absolute Gasteiger partial charge is 0.463 e. The van der Waals surface area contributed by atoms with Crippen molar-refractivity contribution >= 4 is 11.8 Å². The average molecular weight is 431 g/mol. The molecule has 4 atom stereocenters. The van der Waals surface area contributed by atoms with Gasteiger partial charge >= 0.3 is 5.97 Å². The maximum atomic E-state index is 12.3. The number of ether oxygens (including phenoxy) is 1. The summed E-state index contributed by atoms with van der Waals surface area (Å²) < 4.78 is 5.12. The number of Topliss-reactive ketones (excluding diaryl/α,β-unsaturated/α-hetero) is 1. The van der Waals surface area contributed by atoms with E-state index in [1.165, 1.54) is 0 Å². The molecule has 2 N–H and O–H groups in total. The second-order valence-electron chi connectivity index (χ2n) is 8.90. The Morgan fingerprint density at radius 2 is 1.74 bits per heavy atom. The zero-order valence-corrected chi connectivity index (χ0v) is 18.9. The SMILES string of the molecule is CC(C)OC(=O)CCC/C=C/C[C@@H]1[C@H](CCC(=O)CCc2ccccc2)[C@@H](O)C[C@H]1O. The summed E-state index contributed by atoms with van der Waals surface area (Å²) in [6.07, 6.45) is 8.17. The summed E-state index contributed by atoms with van der Waals surface area (Å²) in [5.41, 5.74) is 1.16. The quantitative estimate of drug-likeness (QED) is 0.275. The van der Waals surface area contributed by atoms with E-state index in [0.29, 0.717) is 38.5 Å². The van der Waals surface area contributed by atoms with E-state index in [0.717, 1.165) is 24.8 Å². The van der Waals surface area contributed by atoms with E-state index in [4.69, 9.17) is 4.74 Å². The molecule has 31 heavy (non-hydrogen) atoms. The van der Waals surface area contributed by atoms with Gasteiger partial charge in [-0.15, -0.1) is 0 Å². The molecular formula is C26H38O5. The second-order valence-corrected chi connectivity index (χ2v) is 8.90. The highest BCUT2D eigenvalue weighted by Crippen LogP contribution is 2.38. The van der Waals surface area contributed by atoms with E-state index in [9.17, 15) is 19.8 Å². The summed E-state index contributed by atoms with van der Waals surface area (Å²) in [5, 5.41) is 20.7. The molecule has 0 unspecified atom stereocenters. The Labute approximate surface area is 186 Å². The standard InChI is InChI=1S/C26H38O5/c1-19(2)31-26(30)13-9-4-3-8-12-22-23(25(29)18-24(22)28)17-16-21(27)15-14-20-10-6-5-7-11-20/h3,5-8,10-11,19,22-25,28-29H,4,9,12-18H2,1-2H3/b8-3+/t22-,23+,24-,25+/m1/s1. The Morgan fingerprint density at radius 3 is 2.45 bits per heavy atom. The number of ketones is 1. The number of hydrogen-bond donors (Lipinski definition) is 2. The monoisotopic (exact) mass is 430 g/mol. The molecule has 5 nitrogen and oxygen atoms in total. The number of carbonyl (C=O) groups excluding carboxylic acids is 2. The summed E-state index contributed by atoms with van der Waals surface area (Å²) in [7, 11) is 0. The van der Waals surface area contributed by atoms with Crippen LogP contribution in [-0.2, 0) is 20.7 Å². The fourth-order valence-corrected chi connectivity index (χ4v) is 4.34.